The van der Waals surface area contributed by atoms with E-state index in [9.17, 15) is 4.79 Å². The summed E-state index contributed by atoms with van der Waals surface area (Å²) in [6, 6.07) is 16.1. The molecule has 2 heterocycles. The number of tetrazole rings is 1. The van der Waals surface area contributed by atoms with E-state index in [0.717, 1.165) is 5.56 Å². The van der Waals surface area contributed by atoms with Crippen molar-refractivity contribution in [3.63, 3.8) is 0 Å². The average molecular weight is 367 g/mol. The molecule has 0 spiro atoms. The molecule has 1 amide bonds. The lowest BCUT2D eigenvalue weighted by molar-refractivity contribution is -0.113. The standard InChI is InChI=1S/C18H15ClN6O/c1-11-15(17(26)21-12-7-3-2-4-8-12)16(13-9-5-6-10-14(13)19)25-18(20-11)22-23-24-25/h2-10,16H,1H3,(H,21,26)(H,20,22,24). The molecule has 7 nitrogen and oxygen atoms in total. The second kappa shape index (κ2) is 6.61. The second-order valence-electron chi connectivity index (χ2n) is 5.85. The maximum atomic E-state index is 13.1. The number of anilines is 2. The van der Waals surface area contributed by atoms with E-state index in [1.165, 1.54) is 0 Å². The van der Waals surface area contributed by atoms with E-state index in [1.807, 2.05) is 55.5 Å². The van der Waals surface area contributed by atoms with Crippen molar-refractivity contribution >= 4 is 29.1 Å². The molecule has 0 aliphatic carbocycles. The number of amides is 1. The summed E-state index contributed by atoms with van der Waals surface area (Å²) in [5.41, 5.74) is 2.63. The van der Waals surface area contributed by atoms with Crippen LogP contribution in [0.25, 0.3) is 0 Å². The zero-order chi connectivity index (χ0) is 18.1. The van der Waals surface area contributed by atoms with E-state index < -0.39 is 6.04 Å². The Kier molecular flexibility index (Phi) is 4.14. The van der Waals surface area contributed by atoms with Crippen molar-refractivity contribution in [2.24, 2.45) is 0 Å². The van der Waals surface area contributed by atoms with Gasteiger partial charge in [0, 0.05) is 22.0 Å². The Labute approximate surface area is 154 Å². The molecule has 0 fully saturated rings. The number of halogens is 1. The zero-order valence-electron chi connectivity index (χ0n) is 13.8. The minimum atomic E-state index is -0.529. The minimum absolute atomic E-state index is 0.243. The molecule has 1 aliphatic rings. The minimum Gasteiger partial charge on any atom is -0.326 e. The van der Waals surface area contributed by atoms with Gasteiger partial charge in [0.25, 0.3) is 5.91 Å². The molecule has 2 aromatic carbocycles. The molecule has 1 atom stereocenters. The number of benzene rings is 2. The fraction of sp³-hybridized carbons (Fsp3) is 0.111. The third kappa shape index (κ3) is 2.82. The van der Waals surface area contributed by atoms with Gasteiger partial charge in [-0.05, 0) is 35.5 Å². The van der Waals surface area contributed by atoms with E-state index >= 15 is 0 Å². The molecule has 130 valence electrons. The number of carbonyl (C=O) groups excluding carboxylic acids is 1. The van der Waals surface area contributed by atoms with Crippen molar-refractivity contribution in [1.82, 2.24) is 20.2 Å². The van der Waals surface area contributed by atoms with Crippen LogP contribution in [0, 0.1) is 0 Å². The number of nitrogens with zero attached hydrogens (tertiary/aromatic N) is 4. The highest BCUT2D eigenvalue weighted by Gasteiger charge is 2.35. The van der Waals surface area contributed by atoms with Crippen molar-refractivity contribution in [3.8, 4) is 0 Å². The first-order chi connectivity index (χ1) is 12.6. The molecule has 3 aromatic rings. The van der Waals surface area contributed by atoms with Crippen LogP contribution in [0.2, 0.25) is 5.02 Å². The van der Waals surface area contributed by atoms with Gasteiger partial charge in [-0.2, -0.15) is 4.68 Å². The first-order valence-corrected chi connectivity index (χ1v) is 8.39. The smallest absolute Gasteiger partial charge is 0.255 e. The lowest BCUT2D eigenvalue weighted by Crippen LogP contribution is -2.31. The Bertz CT molecular complexity index is 998. The topological polar surface area (TPSA) is 84.7 Å². The fourth-order valence-corrected chi connectivity index (χ4v) is 3.25. The summed E-state index contributed by atoms with van der Waals surface area (Å²) < 4.78 is 1.56. The number of carbonyl (C=O) groups is 1. The van der Waals surface area contributed by atoms with Crippen LogP contribution >= 0.6 is 11.6 Å². The molecule has 8 heteroatoms. The summed E-state index contributed by atoms with van der Waals surface area (Å²) in [6.07, 6.45) is 0. The molecule has 26 heavy (non-hydrogen) atoms. The van der Waals surface area contributed by atoms with E-state index in [2.05, 4.69) is 26.2 Å². The van der Waals surface area contributed by atoms with E-state index in [0.29, 0.717) is 27.9 Å². The van der Waals surface area contributed by atoms with Gasteiger partial charge in [-0.1, -0.05) is 53.1 Å². The average Bonchev–Trinajstić information content (AvgIpc) is 3.10. The van der Waals surface area contributed by atoms with Crippen LogP contribution in [0.3, 0.4) is 0 Å². The molecule has 0 saturated carbocycles. The van der Waals surface area contributed by atoms with Crippen LogP contribution in [0.15, 0.2) is 65.9 Å². The summed E-state index contributed by atoms with van der Waals surface area (Å²) >= 11 is 6.41. The van der Waals surface area contributed by atoms with Crippen LogP contribution in [-0.4, -0.2) is 26.1 Å². The number of fused-ring (bicyclic) bond motifs is 1. The lowest BCUT2D eigenvalue weighted by Gasteiger charge is -2.28. The Hall–Kier alpha value is -3.19. The van der Waals surface area contributed by atoms with Crippen molar-refractivity contribution in [2.45, 2.75) is 13.0 Å². The van der Waals surface area contributed by atoms with Gasteiger partial charge in [0.05, 0.1) is 5.57 Å². The van der Waals surface area contributed by atoms with Crippen LogP contribution < -0.4 is 10.6 Å². The zero-order valence-corrected chi connectivity index (χ0v) is 14.6. The Morgan fingerprint density at radius 1 is 1.15 bits per heavy atom. The molecule has 2 N–H and O–H groups in total. The SMILES string of the molecule is CC1=C(C(=O)Nc2ccccc2)C(c2ccccc2Cl)n2nnnc2N1. The van der Waals surface area contributed by atoms with Gasteiger partial charge >= 0.3 is 0 Å². The van der Waals surface area contributed by atoms with Crippen LogP contribution in [-0.2, 0) is 4.79 Å². The number of rotatable bonds is 3. The molecule has 0 bridgehead atoms. The lowest BCUT2D eigenvalue weighted by atomic mass is 9.95. The molecular formula is C18H15ClN6O. The monoisotopic (exact) mass is 366 g/mol. The predicted molar refractivity (Wildman–Crippen MR) is 98.8 cm³/mol. The first-order valence-electron chi connectivity index (χ1n) is 8.01. The number of hydrogen-bond acceptors (Lipinski definition) is 5. The summed E-state index contributed by atoms with van der Waals surface area (Å²) in [7, 11) is 0. The maximum Gasteiger partial charge on any atom is 0.255 e. The van der Waals surface area contributed by atoms with Gasteiger partial charge in [-0.3, -0.25) is 4.79 Å². The Balaban J connectivity index is 1.80. The van der Waals surface area contributed by atoms with Gasteiger partial charge in [0.15, 0.2) is 0 Å². The summed E-state index contributed by atoms with van der Waals surface area (Å²) in [6.45, 7) is 1.82. The van der Waals surface area contributed by atoms with Gasteiger partial charge in [-0.25, -0.2) is 0 Å². The van der Waals surface area contributed by atoms with Crippen molar-refractivity contribution < 1.29 is 4.79 Å². The molecule has 1 aliphatic heterocycles. The van der Waals surface area contributed by atoms with E-state index in [-0.39, 0.29) is 5.91 Å². The molecular weight excluding hydrogens is 352 g/mol. The van der Waals surface area contributed by atoms with Gasteiger partial charge in [0.2, 0.25) is 5.95 Å². The summed E-state index contributed by atoms with van der Waals surface area (Å²) in [5.74, 6) is 0.218. The molecule has 0 radical (unpaired) electrons. The normalized spacial score (nSPS) is 16.0. The van der Waals surface area contributed by atoms with Crippen molar-refractivity contribution in [3.05, 3.63) is 76.5 Å². The number of hydrogen-bond donors (Lipinski definition) is 2. The number of nitrogens with one attached hydrogen (secondary N) is 2. The van der Waals surface area contributed by atoms with Gasteiger partial charge in [0.1, 0.15) is 6.04 Å². The first kappa shape index (κ1) is 16.3. The summed E-state index contributed by atoms with van der Waals surface area (Å²) in [4.78, 5) is 13.1. The highest BCUT2D eigenvalue weighted by Crippen LogP contribution is 2.37. The highest BCUT2D eigenvalue weighted by atomic mass is 35.5. The van der Waals surface area contributed by atoms with Gasteiger partial charge in [-0.15, -0.1) is 0 Å². The molecule has 1 unspecified atom stereocenters. The number of para-hydroxylation sites is 1. The molecule has 1 aromatic heterocycles. The predicted octanol–water partition coefficient (Wildman–Crippen LogP) is 3.25. The maximum absolute atomic E-state index is 13.1. The van der Waals surface area contributed by atoms with Gasteiger partial charge < -0.3 is 10.6 Å². The molecule has 0 saturated heterocycles. The number of allylic oxidation sites excluding steroid dienone is 1. The van der Waals surface area contributed by atoms with Crippen LogP contribution in [0.1, 0.15) is 18.5 Å². The number of aromatic nitrogens is 4. The van der Waals surface area contributed by atoms with Crippen molar-refractivity contribution in [2.75, 3.05) is 10.6 Å². The van der Waals surface area contributed by atoms with Crippen molar-refractivity contribution in [1.29, 1.82) is 0 Å². The van der Waals surface area contributed by atoms with E-state index in [1.54, 1.807) is 10.7 Å². The quantitative estimate of drug-likeness (QED) is 0.743. The highest BCUT2D eigenvalue weighted by molar-refractivity contribution is 6.31. The Morgan fingerprint density at radius 2 is 1.88 bits per heavy atom. The second-order valence-corrected chi connectivity index (χ2v) is 6.26. The fourth-order valence-electron chi connectivity index (χ4n) is 3.01. The third-order valence-electron chi connectivity index (χ3n) is 4.19. The van der Waals surface area contributed by atoms with E-state index in [4.69, 9.17) is 11.6 Å². The third-order valence-corrected chi connectivity index (χ3v) is 4.53. The van der Waals surface area contributed by atoms with Crippen LogP contribution in [0.4, 0.5) is 11.6 Å². The molecule has 4 rings (SSSR count). The summed E-state index contributed by atoms with van der Waals surface area (Å²) in [5, 5.41) is 18.3. The van der Waals surface area contributed by atoms with Crippen LogP contribution in [0.5, 0.6) is 0 Å². The largest absolute Gasteiger partial charge is 0.326 e. The Morgan fingerprint density at radius 3 is 2.65 bits per heavy atom.